The molecule has 27 heavy (non-hydrogen) atoms. The van der Waals surface area contributed by atoms with Crippen molar-refractivity contribution in [2.24, 2.45) is 0 Å². The van der Waals surface area contributed by atoms with Crippen LogP contribution in [0, 0.1) is 0 Å². The molecule has 0 saturated heterocycles. The van der Waals surface area contributed by atoms with Crippen molar-refractivity contribution in [3.8, 4) is 33.4 Å². The summed E-state index contributed by atoms with van der Waals surface area (Å²) in [7, 11) is -1.49. The average molecular weight is 350 g/mol. The van der Waals surface area contributed by atoms with E-state index < -0.39 is 7.12 Å². The molecule has 0 bridgehead atoms. The van der Waals surface area contributed by atoms with Gasteiger partial charge in [0, 0.05) is 0 Å². The molecule has 0 unspecified atom stereocenters. The lowest BCUT2D eigenvalue weighted by atomic mass is 9.75. The molecule has 0 aliphatic carbocycles. The van der Waals surface area contributed by atoms with Crippen LogP contribution in [0.5, 0.6) is 0 Å². The first-order valence-electron chi connectivity index (χ1n) is 8.94. The van der Waals surface area contributed by atoms with Gasteiger partial charge in [0.2, 0.25) is 0 Å². The Morgan fingerprint density at radius 2 is 0.815 bits per heavy atom. The van der Waals surface area contributed by atoms with Crippen LogP contribution in [0.2, 0.25) is 0 Å². The van der Waals surface area contributed by atoms with Gasteiger partial charge in [-0.2, -0.15) is 0 Å². The minimum absolute atomic E-state index is 0.509. The van der Waals surface area contributed by atoms with E-state index in [4.69, 9.17) is 0 Å². The van der Waals surface area contributed by atoms with Crippen LogP contribution < -0.4 is 5.46 Å². The van der Waals surface area contributed by atoms with Crippen LogP contribution >= 0.6 is 0 Å². The summed E-state index contributed by atoms with van der Waals surface area (Å²) in [5, 5.41) is 19.2. The van der Waals surface area contributed by atoms with E-state index in [1.54, 1.807) is 6.07 Å². The van der Waals surface area contributed by atoms with E-state index in [1.165, 1.54) is 16.7 Å². The molecule has 4 rings (SSSR count). The highest BCUT2D eigenvalue weighted by atomic mass is 16.4. The molecule has 0 saturated carbocycles. The average Bonchev–Trinajstić information content (AvgIpc) is 2.74. The Kier molecular flexibility index (Phi) is 4.88. The highest BCUT2D eigenvalue weighted by Crippen LogP contribution is 2.32. The van der Waals surface area contributed by atoms with E-state index in [0.29, 0.717) is 5.46 Å². The van der Waals surface area contributed by atoms with Crippen molar-refractivity contribution in [3.63, 3.8) is 0 Å². The zero-order chi connectivity index (χ0) is 18.6. The van der Waals surface area contributed by atoms with Crippen LogP contribution in [-0.4, -0.2) is 17.2 Å². The molecule has 2 N–H and O–H groups in total. The molecule has 0 aliphatic rings. The van der Waals surface area contributed by atoms with E-state index in [9.17, 15) is 10.0 Å². The van der Waals surface area contributed by atoms with Gasteiger partial charge in [0.25, 0.3) is 0 Å². The lowest BCUT2D eigenvalue weighted by Gasteiger charge is -2.12. The number of benzene rings is 4. The molecule has 0 amide bonds. The van der Waals surface area contributed by atoms with Crippen LogP contribution in [0.3, 0.4) is 0 Å². The van der Waals surface area contributed by atoms with Gasteiger partial charge in [-0.3, -0.25) is 0 Å². The normalized spacial score (nSPS) is 10.6. The molecule has 130 valence electrons. The Morgan fingerprint density at radius 1 is 0.407 bits per heavy atom. The van der Waals surface area contributed by atoms with Crippen molar-refractivity contribution in [2.75, 3.05) is 0 Å². The third-order valence-corrected chi connectivity index (χ3v) is 4.76. The summed E-state index contributed by atoms with van der Waals surface area (Å²) in [6.45, 7) is 0. The van der Waals surface area contributed by atoms with Crippen LogP contribution in [0.4, 0.5) is 0 Å². The quantitative estimate of drug-likeness (QED) is 0.537. The lowest BCUT2D eigenvalue weighted by Crippen LogP contribution is -2.31. The smallest absolute Gasteiger partial charge is 0.423 e. The Hall–Kier alpha value is -3.14. The summed E-state index contributed by atoms with van der Waals surface area (Å²) >= 11 is 0. The van der Waals surface area contributed by atoms with E-state index in [0.717, 1.165) is 16.7 Å². The van der Waals surface area contributed by atoms with Crippen LogP contribution in [0.15, 0.2) is 103 Å². The first-order valence-corrected chi connectivity index (χ1v) is 8.94. The van der Waals surface area contributed by atoms with Gasteiger partial charge in [-0.15, -0.1) is 0 Å². The molecule has 0 radical (unpaired) electrons. The van der Waals surface area contributed by atoms with Crippen molar-refractivity contribution in [3.05, 3.63) is 103 Å². The van der Waals surface area contributed by atoms with Gasteiger partial charge in [-0.1, -0.05) is 103 Å². The van der Waals surface area contributed by atoms with E-state index >= 15 is 0 Å². The standard InChI is InChI=1S/C24H19BO2/c26-25(27)24-13-7-6-12-23(24)20-16-14-19(15-17-20)22-11-5-4-10-21(22)18-8-2-1-3-9-18/h1-17,26-27H. The van der Waals surface area contributed by atoms with Gasteiger partial charge in [-0.25, -0.2) is 0 Å². The molecule has 0 heterocycles. The summed E-state index contributed by atoms with van der Waals surface area (Å²) in [6.07, 6.45) is 0. The molecule has 4 aromatic rings. The van der Waals surface area contributed by atoms with Gasteiger partial charge in [0.1, 0.15) is 0 Å². The molecule has 2 nitrogen and oxygen atoms in total. The molecular formula is C24H19BO2. The third kappa shape index (κ3) is 3.56. The summed E-state index contributed by atoms with van der Waals surface area (Å²) in [6, 6.07) is 34.3. The molecule has 0 aliphatic heterocycles. The van der Waals surface area contributed by atoms with Crippen LogP contribution in [0.25, 0.3) is 33.4 Å². The minimum Gasteiger partial charge on any atom is -0.423 e. The highest BCUT2D eigenvalue weighted by Gasteiger charge is 2.16. The Balaban J connectivity index is 1.75. The van der Waals surface area contributed by atoms with E-state index in [2.05, 4.69) is 42.5 Å². The monoisotopic (exact) mass is 350 g/mol. The third-order valence-electron chi connectivity index (χ3n) is 4.76. The largest absolute Gasteiger partial charge is 0.489 e. The highest BCUT2D eigenvalue weighted by molar-refractivity contribution is 6.60. The fraction of sp³-hybridized carbons (Fsp3) is 0. The first kappa shape index (κ1) is 17.3. The topological polar surface area (TPSA) is 40.5 Å². The van der Waals surface area contributed by atoms with Gasteiger partial charge in [0.05, 0.1) is 0 Å². The molecule has 0 fully saturated rings. The lowest BCUT2D eigenvalue weighted by molar-refractivity contribution is 0.426. The van der Waals surface area contributed by atoms with Gasteiger partial charge in [0.15, 0.2) is 0 Å². The first-order chi connectivity index (χ1) is 13.2. The van der Waals surface area contributed by atoms with Crippen LogP contribution in [-0.2, 0) is 0 Å². The molecular weight excluding hydrogens is 331 g/mol. The maximum atomic E-state index is 9.62. The van der Waals surface area contributed by atoms with Crippen molar-refractivity contribution < 1.29 is 10.0 Å². The predicted octanol–water partition coefficient (Wildman–Crippen LogP) is 4.37. The molecule has 4 aromatic carbocycles. The van der Waals surface area contributed by atoms with Gasteiger partial charge in [-0.05, 0) is 38.8 Å². The second-order valence-corrected chi connectivity index (χ2v) is 6.45. The Bertz CT molecular complexity index is 1040. The van der Waals surface area contributed by atoms with Crippen molar-refractivity contribution in [1.82, 2.24) is 0 Å². The second-order valence-electron chi connectivity index (χ2n) is 6.45. The van der Waals surface area contributed by atoms with E-state index in [1.807, 2.05) is 54.6 Å². The summed E-state index contributed by atoms with van der Waals surface area (Å²) < 4.78 is 0. The SMILES string of the molecule is OB(O)c1ccccc1-c1ccc(-c2ccccc2-c2ccccc2)cc1. The number of hydrogen-bond donors (Lipinski definition) is 2. The zero-order valence-electron chi connectivity index (χ0n) is 14.8. The maximum absolute atomic E-state index is 9.62. The Labute approximate surface area is 159 Å². The summed E-state index contributed by atoms with van der Waals surface area (Å²) in [5.41, 5.74) is 6.97. The minimum atomic E-state index is -1.49. The van der Waals surface area contributed by atoms with Crippen molar-refractivity contribution in [1.29, 1.82) is 0 Å². The van der Waals surface area contributed by atoms with Crippen molar-refractivity contribution in [2.45, 2.75) is 0 Å². The fourth-order valence-corrected chi connectivity index (χ4v) is 3.42. The maximum Gasteiger partial charge on any atom is 0.489 e. The van der Waals surface area contributed by atoms with Crippen LogP contribution in [0.1, 0.15) is 0 Å². The summed E-state index contributed by atoms with van der Waals surface area (Å²) in [4.78, 5) is 0. The van der Waals surface area contributed by atoms with Crippen molar-refractivity contribution >= 4 is 12.6 Å². The number of hydrogen-bond acceptors (Lipinski definition) is 2. The molecule has 0 spiro atoms. The molecule has 0 aromatic heterocycles. The summed E-state index contributed by atoms with van der Waals surface area (Å²) in [5.74, 6) is 0. The molecule has 0 atom stereocenters. The zero-order valence-corrected chi connectivity index (χ0v) is 14.8. The number of rotatable bonds is 4. The van der Waals surface area contributed by atoms with E-state index in [-0.39, 0.29) is 0 Å². The second kappa shape index (κ2) is 7.62. The fourth-order valence-electron chi connectivity index (χ4n) is 3.42. The Morgan fingerprint density at radius 3 is 1.37 bits per heavy atom. The van der Waals surface area contributed by atoms with Gasteiger partial charge >= 0.3 is 7.12 Å². The predicted molar refractivity (Wildman–Crippen MR) is 113 cm³/mol. The van der Waals surface area contributed by atoms with Gasteiger partial charge < -0.3 is 10.0 Å². The molecule has 3 heteroatoms.